The minimum absolute atomic E-state index is 0.133. The molecule has 0 aromatic carbocycles. The zero-order valence-corrected chi connectivity index (χ0v) is 15.5. The van der Waals surface area contributed by atoms with Gasteiger partial charge >= 0.3 is 0 Å². The van der Waals surface area contributed by atoms with E-state index in [0.29, 0.717) is 18.3 Å². The molecule has 24 heavy (non-hydrogen) atoms. The van der Waals surface area contributed by atoms with Crippen LogP contribution in [-0.2, 0) is 12.0 Å². The van der Waals surface area contributed by atoms with Crippen molar-refractivity contribution in [2.45, 2.75) is 71.8 Å². The van der Waals surface area contributed by atoms with E-state index in [1.54, 1.807) is 5.57 Å². The highest BCUT2D eigenvalue weighted by molar-refractivity contribution is 5.79. The van der Waals surface area contributed by atoms with Crippen LogP contribution in [0.3, 0.4) is 0 Å². The number of aliphatic imine (C=N–C) groups is 1. The lowest BCUT2D eigenvalue weighted by molar-refractivity contribution is 0.318. The van der Waals surface area contributed by atoms with E-state index in [0.717, 1.165) is 25.5 Å². The van der Waals surface area contributed by atoms with Gasteiger partial charge in [-0.2, -0.15) is 4.98 Å². The fraction of sp³-hybridized carbons (Fsp3) is 0.722. The van der Waals surface area contributed by atoms with Gasteiger partial charge in [0, 0.05) is 18.5 Å². The average molecular weight is 333 g/mol. The molecule has 1 aliphatic rings. The van der Waals surface area contributed by atoms with Crippen LogP contribution in [0.2, 0.25) is 0 Å². The predicted molar refractivity (Wildman–Crippen MR) is 97.0 cm³/mol. The molecule has 0 fully saturated rings. The molecule has 0 aliphatic heterocycles. The molecule has 1 heterocycles. The summed E-state index contributed by atoms with van der Waals surface area (Å²) >= 11 is 0. The Balaban J connectivity index is 1.85. The van der Waals surface area contributed by atoms with Gasteiger partial charge in [0.05, 0.1) is 0 Å². The number of allylic oxidation sites excluding steroid dienone is 1. The fourth-order valence-corrected chi connectivity index (χ4v) is 2.59. The fourth-order valence-electron chi connectivity index (χ4n) is 2.59. The van der Waals surface area contributed by atoms with Crippen molar-refractivity contribution in [1.29, 1.82) is 0 Å². The van der Waals surface area contributed by atoms with Gasteiger partial charge in [-0.1, -0.05) is 37.6 Å². The Hall–Kier alpha value is -1.85. The Morgan fingerprint density at radius 2 is 2.12 bits per heavy atom. The standard InChI is InChI=1S/C18H31N5O/c1-5-19-17(20-12-11-14-9-7-6-8-10-14)21-13-15-22-16(24-23-15)18(2,3)4/h9H,5-8,10-13H2,1-4H3,(H2,19,20,21). The first-order valence-electron chi connectivity index (χ1n) is 9.02. The average Bonchev–Trinajstić information content (AvgIpc) is 3.03. The van der Waals surface area contributed by atoms with Crippen LogP contribution in [0.15, 0.2) is 21.2 Å². The summed E-state index contributed by atoms with van der Waals surface area (Å²) in [6, 6.07) is 0. The summed E-state index contributed by atoms with van der Waals surface area (Å²) in [6.07, 6.45) is 8.62. The normalized spacial score (nSPS) is 16.0. The molecule has 0 radical (unpaired) electrons. The van der Waals surface area contributed by atoms with Crippen LogP contribution in [-0.4, -0.2) is 29.2 Å². The molecule has 1 aromatic rings. The van der Waals surface area contributed by atoms with Crippen molar-refractivity contribution in [3.05, 3.63) is 23.4 Å². The number of aromatic nitrogens is 2. The Labute approximate surface area is 145 Å². The van der Waals surface area contributed by atoms with Crippen molar-refractivity contribution >= 4 is 5.96 Å². The maximum atomic E-state index is 5.30. The quantitative estimate of drug-likeness (QED) is 0.474. The highest BCUT2D eigenvalue weighted by atomic mass is 16.5. The van der Waals surface area contributed by atoms with Crippen molar-refractivity contribution < 1.29 is 4.52 Å². The largest absolute Gasteiger partial charge is 0.357 e. The summed E-state index contributed by atoms with van der Waals surface area (Å²) in [5.74, 6) is 2.07. The topological polar surface area (TPSA) is 75.3 Å². The minimum atomic E-state index is -0.133. The van der Waals surface area contributed by atoms with Crippen molar-refractivity contribution in [3.63, 3.8) is 0 Å². The van der Waals surface area contributed by atoms with Crippen molar-refractivity contribution in [2.24, 2.45) is 4.99 Å². The van der Waals surface area contributed by atoms with Crippen molar-refractivity contribution in [2.75, 3.05) is 13.1 Å². The number of guanidine groups is 1. The lowest BCUT2D eigenvalue weighted by atomic mass is 9.97. The molecular weight excluding hydrogens is 302 g/mol. The number of nitrogens with zero attached hydrogens (tertiary/aromatic N) is 3. The van der Waals surface area contributed by atoms with Crippen LogP contribution in [0, 0.1) is 0 Å². The number of nitrogens with one attached hydrogen (secondary N) is 2. The first kappa shape index (κ1) is 18.5. The SMILES string of the molecule is CCNC(=NCc1noc(C(C)(C)C)n1)NCCC1=CCCCC1. The molecule has 134 valence electrons. The van der Waals surface area contributed by atoms with Gasteiger partial charge in [-0.3, -0.25) is 0 Å². The van der Waals surface area contributed by atoms with E-state index in [4.69, 9.17) is 4.52 Å². The van der Waals surface area contributed by atoms with Gasteiger partial charge in [0.2, 0.25) is 5.89 Å². The van der Waals surface area contributed by atoms with Crippen LogP contribution in [0.25, 0.3) is 0 Å². The first-order valence-corrected chi connectivity index (χ1v) is 9.02. The van der Waals surface area contributed by atoms with Gasteiger partial charge in [0.15, 0.2) is 11.8 Å². The highest BCUT2D eigenvalue weighted by Gasteiger charge is 2.21. The van der Waals surface area contributed by atoms with E-state index in [-0.39, 0.29) is 5.41 Å². The predicted octanol–water partition coefficient (Wildman–Crippen LogP) is 3.31. The number of hydrogen-bond donors (Lipinski definition) is 2. The molecule has 6 heteroatoms. The summed E-state index contributed by atoms with van der Waals surface area (Å²) < 4.78 is 5.30. The molecule has 1 aliphatic carbocycles. The Bertz CT molecular complexity index is 568. The molecule has 2 N–H and O–H groups in total. The zero-order valence-electron chi connectivity index (χ0n) is 15.5. The number of hydrogen-bond acceptors (Lipinski definition) is 4. The summed E-state index contributed by atoms with van der Waals surface area (Å²) in [7, 11) is 0. The first-order chi connectivity index (χ1) is 11.5. The van der Waals surface area contributed by atoms with Gasteiger partial charge in [0.1, 0.15) is 6.54 Å². The second-order valence-electron chi connectivity index (χ2n) is 7.25. The summed E-state index contributed by atoms with van der Waals surface area (Å²) in [5.41, 5.74) is 1.43. The van der Waals surface area contributed by atoms with E-state index in [1.807, 2.05) is 0 Å². The van der Waals surface area contributed by atoms with Crippen LogP contribution >= 0.6 is 0 Å². The van der Waals surface area contributed by atoms with Crippen LogP contribution < -0.4 is 10.6 Å². The second-order valence-corrected chi connectivity index (χ2v) is 7.25. The third-order valence-electron chi connectivity index (χ3n) is 3.96. The summed E-state index contributed by atoms with van der Waals surface area (Å²) in [5, 5.41) is 10.7. The highest BCUT2D eigenvalue weighted by Crippen LogP contribution is 2.20. The molecule has 0 atom stereocenters. The van der Waals surface area contributed by atoms with E-state index in [2.05, 4.69) is 59.5 Å². The third kappa shape index (κ3) is 5.98. The Morgan fingerprint density at radius 1 is 1.29 bits per heavy atom. The van der Waals surface area contributed by atoms with Crippen molar-refractivity contribution in [1.82, 2.24) is 20.8 Å². The molecule has 0 saturated carbocycles. The molecule has 6 nitrogen and oxygen atoms in total. The van der Waals surface area contributed by atoms with Crippen LogP contribution in [0.5, 0.6) is 0 Å². The van der Waals surface area contributed by atoms with E-state index >= 15 is 0 Å². The maximum Gasteiger partial charge on any atom is 0.232 e. The van der Waals surface area contributed by atoms with Crippen molar-refractivity contribution in [3.8, 4) is 0 Å². The van der Waals surface area contributed by atoms with E-state index < -0.39 is 0 Å². The third-order valence-corrected chi connectivity index (χ3v) is 3.96. The molecule has 0 spiro atoms. The van der Waals surface area contributed by atoms with Crippen LogP contribution in [0.4, 0.5) is 0 Å². The lowest BCUT2D eigenvalue weighted by Gasteiger charge is -2.14. The lowest BCUT2D eigenvalue weighted by Crippen LogP contribution is -2.37. The van der Waals surface area contributed by atoms with Crippen LogP contribution in [0.1, 0.15) is 71.5 Å². The molecule has 0 saturated heterocycles. The second kappa shape index (κ2) is 8.85. The van der Waals surface area contributed by atoms with Gasteiger partial charge in [-0.05, 0) is 39.0 Å². The molecule has 1 aromatic heterocycles. The molecule has 0 amide bonds. The molecule has 0 bridgehead atoms. The van der Waals surface area contributed by atoms with E-state index in [9.17, 15) is 0 Å². The number of rotatable bonds is 6. The minimum Gasteiger partial charge on any atom is -0.357 e. The smallest absolute Gasteiger partial charge is 0.232 e. The van der Waals surface area contributed by atoms with Gasteiger partial charge < -0.3 is 15.2 Å². The molecule has 0 unspecified atom stereocenters. The zero-order chi connectivity index (χ0) is 17.4. The summed E-state index contributed by atoms with van der Waals surface area (Å²) in [6.45, 7) is 10.4. The molecule has 2 rings (SSSR count). The monoisotopic (exact) mass is 333 g/mol. The molecular formula is C18H31N5O. The maximum absolute atomic E-state index is 5.30. The van der Waals surface area contributed by atoms with E-state index in [1.165, 1.54) is 25.7 Å². The van der Waals surface area contributed by atoms with Gasteiger partial charge in [0.25, 0.3) is 0 Å². The Morgan fingerprint density at radius 3 is 2.75 bits per heavy atom. The summed E-state index contributed by atoms with van der Waals surface area (Å²) in [4.78, 5) is 8.97. The van der Waals surface area contributed by atoms with Gasteiger partial charge in [-0.15, -0.1) is 0 Å². The van der Waals surface area contributed by atoms with Gasteiger partial charge in [-0.25, -0.2) is 4.99 Å². The Kier molecular flexibility index (Phi) is 6.82.